The highest BCUT2D eigenvalue weighted by molar-refractivity contribution is 9.10. The van der Waals surface area contributed by atoms with E-state index in [1.165, 1.54) is 0 Å². The molecule has 0 aliphatic rings. The van der Waals surface area contributed by atoms with Gasteiger partial charge in [0.1, 0.15) is 11.5 Å². The van der Waals surface area contributed by atoms with Crippen LogP contribution >= 0.6 is 39.1 Å². The van der Waals surface area contributed by atoms with Gasteiger partial charge in [0.15, 0.2) is 0 Å². The number of ether oxygens (including phenoxy) is 1. The highest BCUT2D eigenvalue weighted by Gasteiger charge is 2.10. The minimum atomic E-state index is 0.513. The van der Waals surface area contributed by atoms with E-state index in [9.17, 15) is 0 Å². The lowest BCUT2D eigenvalue weighted by Gasteiger charge is -2.13. The zero-order valence-corrected chi connectivity index (χ0v) is 14.0. The first-order valence-corrected chi connectivity index (χ1v) is 7.77. The molecular formula is C15H14BrCl2NO. The van der Waals surface area contributed by atoms with Gasteiger partial charge in [0, 0.05) is 22.6 Å². The lowest BCUT2D eigenvalue weighted by atomic mass is 10.2. The van der Waals surface area contributed by atoms with Gasteiger partial charge in [-0.05, 0) is 34.6 Å². The van der Waals surface area contributed by atoms with Gasteiger partial charge in [-0.3, -0.25) is 0 Å². The van der Waals surface area contributed by atoms with E-state index in [0.717, 1.165) is 28.9 Å². The molecule has 0 spiro atoms. The molecule has 2 nitrogen and oxygen atoms in total. The summed E-state index contributed by atoms with van der Waals surface area (Å²) < 4.78 is 6.64. The largest absolute Gasteiger partial charge is 0.455 e. The van der Waals surface area contributed by atoms with E-state index in [4.69, 9.17) is 27.9 Å². The second-order valence-electron chi connectivity index (χ2n) is 4.19. The van der Waals surface area contributed by atoms with Gasteiger partial charge in [-0.15, -0.1) is 0 Å². The molecule has 0 radical (unpaired) electrons. The number of para-hydroxylation sites is 1. The van der Waals surface area contributed by atoms with Crippen molar-refractivity contribution in [2.24, 2.45) is 0 Å². The number of nitrogens with one attached hydrogen (secondary N) is 1. The zero-order valence-electron chi connectivity index (χ0n) is 10.9. The summed E-state index contributed by atoms with van der Waals surface area (Å²) in [4.78, 5) is 0. The van der Waals surface area contributed by atoms with Crippen LogP contribution in [0.5, 0.6) is 11.5 Å². The van der Waals surface area contributed by atoms with Gasteiger partial charge in [0.2, 0.25) is 0 Å². The lowest BCUT2D eigenvalue weighted by Crippen LogP contribution is -2.12. The molecule has 20 heavy (non-hydrogen) atoms. The Hall–Kier alpha value is -0.740. The van der Waals surface area contributed by atoms with Crippen LogP contribution < -0.4 is 10.1 Å². The molecule has 1 N–H and O–H groups in total. The predicted octanol–water partition coefficient (Wildman–Crippen LogP) is 5.66. The van der Waals surface area contributed by atoms with Crippen molar-refractivity contribution in [1.29, 1.82) is 0 Å². The summed E-state index contributed by atoms with van der Waals surface area (Å²) >= 11 is 15.6. The molecule has 5 heteroatoms. The standard InChI is InChI=1S/C15H14BrCl2NO/c1-2-19-9-10-5-3-4-6-14(10)20-15-8-12(17)11(16)7-13(15)18/h3-8,19H,2,9H2,1H3. The van der Waals surface area contributed by atoms with Crippen LogP contribution in [0.1, 0.15) is 12.5 Å². The number of rotatable bonds is 5. The van der Waals surface area contributed by atoms with Gasteiger partial charge in [-0.1, -0.05) is 48.3 Å². The first kappa shape index (κ1) is 15.6. The van der Waals surface area contributed by atoms with Crippen LogP contribution in [-0.4, -0.2) is 6.54 Å². The minimum absolute atomic E-state index is 0.513. The molecule has 2 aromatic rings. The fourth-order valence-corrected chi connectivity index (χ4v) is 2.54. The van der Waals surface area contributed by atoms with Crippen LogP contribution in [0, 0.1) is 0 Å². The molecule has 0 heterocycles. The molecular weight excluding hydrogens is 361 g/mol. The van der Waals surface area contributed by atoms with Gasteiger partial charge < -0.3 is 10.1 Å². The van der Waals surface area contributed by atoms with Crippen molar-refractivity contribution >= 4 is 39.1 Å². The summed E-state index contributed by atoms with van der Waals surface area (Å²) in [6.07, 6.45) is 0. The monoisotopic (exact) mass is 373 g/mol. The molecule has 0 saturated heterocycles. The van der Waals surface area contributed by atoms with Crippen LogP contribution in [0.4, 0.5) is 0 Å². The number of hydrogen-bond acceptors (Lipinski definition) is 2. The molecule has 0 saturated carbocycles. The Morgan fingerprint density at radius 2 is 1.85 bits per heavy atom. The summed E-state index contributed by atoms with van der Waals surface area (Å²) in [5, 5.41) is 4.36. The summed E-state index contributed by atoms with van der Waals surface area (Å²) in [5.74, 6) is 1.32. The van der Waals surface area contributed by atoms with E-state index in [2.05, 4.69) is 28.2 Å². The van der Waals surface area contributed by atoms with E-state index >= 15 is 0 Å². The molecule has 0 atom stereocenters. The zero-order chi connectivity index (χ0) is 14.5. The SMILES string of the molecule is CCNCc1ccccc1Oc1cc(Cl)c(Br)cc1Cl. The molecule has 0 fully saturated rings. The summed E-state index contributed by atoms with van der Waals surface area (Å²) in [6, 6.07) is 11.3. The van der Waals surface area contributed by atoms with Crippen molar-refractivity contribution in [1.82, 2.24) is 5.32 Å². The Labute approximate surface area is 137 Å². The van der Waals surface area contributed by atoms with Gasteiger partial charge >= 0.3 is 0 Å². The molecule has 0 aliphatic heterocycles. The third-order valence-electron chi connectivity index (χ3n) is 2.73. The van der Waals surface area contributed by atoms with E-state index < -0.39 is 0 Å². The maximum Gasteiger partial charge on any atom is 0.147 e. The second kappa shape index (κ2) is 7.32. The molecule has 0 bridgehead atoms. The predicted molar refractivity (Wildman–Crippen MR) is 88.1 cm³/mol. The van der Waals surface area contributed by atoms with E-state index in [0.29, 0.717) is 15.8 Å². The van der Waals surface area contributed by atoms with Crippen molar-refractivity contribution in [2.45, 2.75) is 13.5 Å². The summed E-state index contributed by atoms with van der Waals surface area (Å²) in [6.45, 7) is 3.71. The van der Waals surface area contributed by atoms with Crippen molar-refractivity contribution in [3.8, 4) is 11.5 Å². The smallest absolute Gasteiger partial charge is 0.147 e. The van der Waals surface area contributed by atoms with Crippen LogP contribution in [-0.2, 0) is 6.54 Å². The Kier molecular flexibility index (Phi) is 5.73. The van der Waals surface area contributed by atoms with Crippen molar-refractivity contribution in [3.63, 3.8) is 0 Å². The van der Waals surface area contributed by atoms with E-state index in [1.807, 2.05) is 24.3 Å². The normalized spacial score (nSPS) is 10.6. The quantitative estimate of drug-likeness (QED) is 0.682. The Morgan fingerprint density at radius 3 is 2.60 bits per heavy atom. The highest BCUT2D eigenvalue weighted by atomic mass is 79.9. The first-order chi connectivity index (χ1) is 9.61. The highest BCUT2D eigenvalue weighted by Crippen LogP contribution is 2.37. The van der Waals surface area contributed by atoms with E-state index in [-0.39, 0.29) is 0 Å². The summed E-state index contributed by atoms with van der Waals surface area (Å²) in [7, 11) is 0. The fourth-order valence-electron chi connectivity index (χ4n) is 1.71. The number of hydrogen-bond donors (Lipinski definition) is 1. The molecule has 2 aromatic carbocycles. The topological polar surface area (TPSA) is 21.3 Å². The van der Waals surface area contributed by atoms with Crippen molar-refractivity contribution in [2.75, 3.05) is 6.54 Å². The Balaban J connectivity index is 2.28. The van der Waals surface area contributed by atoms with Gasteiger partial charge in [0.25, 0.3) is 0 Å². The molecule has 2 rings (SSSR count). The average Bonchev–Trinajstić information content (AvgIpc) is 2.44. The number of benzene rings is 2. The Morgan fingerprint density at radius 1 is 1.10 bits per heavy atom. The van der Waals surface area contributed by atoms with Crippen LogP contribution in [0.2, 0.25) is 10.0 Å². The van der Waals surface area contributed by atoms with Crippen LogP contribution in [0.15, 0.2) is 40.9 Å². The maximum absolute atomic E-state index is 6.18. The average molecular weight is 375 g/mol. The molecule has 106 valence electrons. The lowest BCUT2D eigenvalue weighted by molar-refractivity contribution is 0.473. The third-order valence-corrected chi connectivity index (χ3v) is 4.23. The third kappa shape index (κ3) is 3.89. The first-order valence-electron chi connectivity index (χ1n) is 6.23. The van der Waals surface area contributed by atoms with Gasteiger partial charge in [-0.25, -0.2) is 0 Å². The molecule has 0 aromatic heterocycles. The van der Waals surface area contributed by atoms with E-state index in [1.54, 1.807) is 12.1 Å². The Bertz CT molecular complexity index is 604. The number of halogens is 3. The van der Waals surface area contributed by atoms with Crippen LogP contribution in [0.25, 0.3) is 0 Å². The molecule has 0 amide bonds. The maximum atomic E-state index is 6.18. The fraction of sp³-hybridized carbons (Fsp3) is 0.200. The van der Waals surface area contributed by atoms with Crippen molar-refractivity contribution < 1.29 is 4.74 Å². The van der Waals surface area contributed by atoms with Gasteiger partial charge in [0.05, 0.1) is 10.0 Å². The van der Waals surface area contributed by atoms with Gasteiger partial charge in [-0.2, -0.15) is 0 Å². The van der Waals surface area contributed by atoms with Crippen LogP contribution in [0.3, 0.4) is 0 Å². The molecule has 0 unspecified atom stereocenters. The van der Waals surface area contributed by atoms with Crippen molar-refractivity contribution in [3.05, 3.63) is 56.5 Å². The minimum Gasteiger partial charge on any atom is -0.455 e. The second-order valence-corrected chi connectivity index (χ2v) is 5.86. The summed E-state index contributed by atoms with van der Waals surface area (Å²) in [5.41, 5.74) is 1.07. The molecule has 0 aliphatic carbocycles.